The molecule has 5 heteroatoms. The van der Waals surface area contributed by atoms with Gasteiger partial charge in [0.25, 0.3) is 5.56 Å². The van der Waals surface area contributed by atoms with Gasteiger partial charge in [-0.2, -0.15) is 0 Å². The van der Waals surface area contributed by atoms with Gasteiger partial charge in [0.05, 0.1) is 6.54 Å². The van der Waals surface area contributed by atoms with Crippen molar-refractivity contribution in [3.05, 3.63) is 97.7 Å². The summed E-state index contributed by atoms with van der Waals surface area (Å²) < 4.78 is 2.77. The molecule has 3 rings (SSSR count). The predicted octanol–water partition coefficient (Wildman–Crippen LogP) is 2.87. The maximum atomic E-state index is 12.7. The highest BCUT2D eigenvalue weighted by molar-refractivity contribution is 5.37. The molecule has 0 saturated heterocycles. The van der Waals surface area contributed by atoms with E-state index in [9.17, 15) is 9.59 Å². The number of aromatic nitrogens is 2. The second kappa shape index (κ2) is 8.08. The van der Waals surface area contributed by atoms with Crippen LogP contribution in [0.15, 0.2) is 64.2 Å². The van der Waals surface area contributed by atoms with Crippen LogP contribution in [-0.2, 0) is 20.0 Å². The van der Waals surface area contributed by atoms with Crippen molar-refractivity contribution in [2.45, 2.75) is 26.8 Å². The van der Waals surface area contributed by atoms with Gasteiger partial charge in [0.1, 0.15) is 5.82 Å². The fraction of sp³-hybridized carbons (Fsp3) is 0.273. The van der Waals surface area contributed by atoms with E-state index in [1.165, 1.54) is 18.7 Å². The Kier molecular flexibility index (Phi) is 5.60. The highest BCUT2D eigenvalue weighted by Gasteiger charge is 2.10. The summed E-state index contributed by atoms with van der Waals surface area (Å²) in [5.41, 5.74) is 3.93. The molecule has 0 aliphatic heterocycles. The zero-order valence-electron chi connectivity index (χ0n) is 16.0. The van der Waals surface area contributed by atoms with E-state index in [2.05, 4.69) is 35.6 Å². The predicted molar refractivity (Wildman–Crippen MR) is 110 cm³/mol. The first kappa shape index (κ1) is 18.7. The maximum Gasteiger partial charge on any atom is 0.332 e. The minimum absolute atomic E-state index is 0.307. The van der Waals surface area contributed by atoms with Crippen molar-refractivity contribution in [1.82, 2.24) is 9.13 Å². The van der Waals surface area contributed by atoms with Crippen LogP contribution >= 0.6 is 0 Å². The van der Waals surface area contributed by atoms with Gasteiger partial charge in [0.2, 0.25) is 0 Å². The Bertz CT molecular complexity index is 1030. The van der Waals surface area contributed by atoms with E-state index in [1.807, 2.05) is 32.0 Å². The topological polar surface area (TPSA) is 56.0 Å². The Morgan fingerprint density at radius 3 is 2.22 bits per heavy atom. The number of nitrogens with zero attached hydrogens (tertiary/aromatic N) is 2. The summed E-state index contributed by atoms with van der Waals surface area (Å²) in [6.07, 6.45) is 0.813. The van der Waals surface area contributed by atoms with Gasteiger partial charge in [-0.15, -0.1) is 0 Å². The van der Waals surface area contributed by atoms with Crippen molar-refractivity contribution in [1.29, 1.82) is 0 Å². The van der Waals surface area contributed by atoms with Crippen LogP contribution in [0.25, 0.3) is 0 Å². The smallest absolute Gasteiger partial charge is 0.332 e. The maximum absolute atomic E-state index is 12.7. The monoisotopic (exact) mass is 363 g/mol. The molecule has 0 aliphatic carbocycles. The lowest BCUT2D eigenvalue weighted by atomic mass is 10.1. The van der Waals surface area contributed by atoms with E-state index in [0.29, 0.717) is 18.9 Å². The summed E-state index contributed by atoms with van der Waals surface area (Å²) in [5.74, 6) is 0.554. The highest BCUT2D eigenvalue weighted by Crippen LogP contribution is 2.12. The lowest BCUT2D eigenvalue weighted by Gasteiger charge is -2.16. The van der Waals surface area contributed by atoms with Crippen LogP contribution in [0.2, 0.25) is 0 Å². The zero-order valence-corrected chi connectivity index (χ0v) is 16.0. The van der Waals surface area contributed by atoms with Crippen LogP contribution in [0.1, 0.15) is 22.3 Å². The molecule has 1 aromatic heterocycles. The normalized spacial score (nSPS) is 10.8. The Labute approximate surface area is 158 Å². The molecule has 140 valence electrons. The zero-order chi connectivity index (χ0) is 19.4. The first-order chi connectivity index (χ1) is 12.9. The molecule has 0 fully saturated rings. The number of hydrogen-bond acceptors (Lipinski definition) is 3. The molecule has 5 nitrogen and oxygen atoms in total. The Hall–Kier alpha value is -3.08. The van der Waals surface area contributed by atoms with Gasteiger partial charge < -0.3 is 5.32 Å². The number of hydrogen-bond donors (Lipinski definition) is 1. The molecule has 0 unspecified atom stereocenters. The SMILES string of the molecule is Cc1cc(C)cc(Cn2c(NCCc3ccccc3)cc(=O)n(C)c2=O)c1. The molecular formula is C22H25N3O2. The third kappa shape index (κ3) is 4.56. The van der Waals surface area contributed by atoms with Crippen LogP contribution in [0.5, 0.6) is 0 Å². The van der Waals surface area contributed by atoms with Gasteiger partial charge in [-0.1, -0.05) is 59.7 Å². The minimum Gasteiger partial charge on any atom is -0.371 e. The van der Waals surface area contributed by atoms with Gasteiger partial charge in [-0.3, -0.25) is 13.9 Å². The highest BCUT2D eigenvalue weighted by atomic mass is 16.2. The Balaban J connectivity index is 1.88. The quantitative estimate of drug-likeness (QED) is 0.733. The summed E-state index contributed by atoms with van der Waals surface area (Å²) in [7, 11) is 1.51. The number of nitrogens with one attached hydrogen (secondary N) is 1. The average Bonchev–Trinajstić information content (AvgIpc) is 2.63. The molecule has 1 N–H and O–H groups in total. The largest absolute Gasteiger partial charge is 0.371 e. The lowest BCUT2D eigenvalue weighted by molar-refractivity contribution is 0.649. The molecule has 3 aromatic rings. The first-order valence-corrected chi connectivity index (χ1v) is 9.10. The molecular weight excluding hydrogens is 338 g/mol. The van der Waals surface area contributed by atoms with Crippen LogP contribution < -0.4 is 16.6 Å². The summed E-state index contributed by atoms with van der Waals surface area (Å²) in [6.45, 7) is 5.14. The van der Waals surface area contributed by atoms with Gasteiger partial charge in [0, 0.05) is 19.7 Å². The fourth-order valence-corrected chi connectivity index (χ4v) is 3.29. The molecule has 1 heterocycles. The molecule has 0 aliphatic rings. The summed E-state index contributed by atoms with van der Waals surface area (Å²) >= 11 is 0. The fourth-order valence-electron chi connectivity index (χ4n) is 3.29. The first-order valence-electron chi connectivity index (χ1n) is 9.10. The van der Waals surface area contributed by atoms with Gasteiger partial charge in [-0.25, -0.2) is 4.79 Å². The van der Waals surface area contributed by atoms with Crippen LogP contribution in [0.4, 0.5) is 5.82 Å². The molecule has 0 spiro atoms. The summed E-state index contributed by atoms with van der Waals surface area (Å²) in [6, 6.07) is 17.9. The molecule has 0 radical (unpaired) electrons. The molecule has 2 aromatic carbocycles. The van der Waals surface area contributed by atoms with Gasteiger partial charge in [0.15, 0.2) is 0 Å². The van der Waals surface area contributed by atoms with E-state index in [4.69, 9.17) is 0 Å². The van der Waals surface area contributed by atoms with Crippen LogP contribution in [0.3, 0.4) is 0 Å². The molecule has 27 heavy (non-hydrogen) atoms. The Morgan fingerprint density at radius 2 is 1.56 bits per heavy atom. The van der Waals surface area contributed by atoms with E-state index < -0.39 is 0 Å². The molecule has 0 atom stereocenters. The van der Waals surface area contributed by atoms with Crippen LogP contribution in [0, 0.1) is 13.8 Å². The van der Waals surface area contributed by atoms with Crippen molar-refractivity contribution < 1.29 is 0 Å². The van der Waals surface area contributed by atoms with Crippen molar-refractivity contribution in [2.24, 2.45) is 7.05 Å². The second-order valence-corrected chi connectivity index (χ2v) is 6.95. The average molecular weight is 363 g/mol. The standard InChI is InChI=1S/C22H25N3O2/c1-16-11-17(2)13-19(12-16)15-25-20(14-21(26)24(3)22(25)27)23-10-9-18-7-5-4-6-8-18/h4-8,11-14,23H,9-10,15H2,1-3H3. The second-order valence-electron chi connectivity index (χ2n) is 6.95. The van der Waals surface area contributed by atoms with E-state index in [1.54, 1.807) is 4.57 Å². The Morgan fingerprint density at radius 1 is 0.889 bits per heavy atom. The number of rotatable bonds is 6. The van der Waals surface area contributed by atoms with E-state index >= 15 is 0 Å². The molecule has 0 amide bonds. The van der Waals surface area contributed by atoms with Crippen molar-refractivity contribution >= 4 is 5.82 Å². The summed E-state index contributed by atoms with van der Waals surface area (Å²) in [4.78, 5) is 24.8. The summed E-state index contributed by atoms with van der Waals surface area (Å²) in [5, 5.41) is 3.27. The van der Waals surface area contributed by atoms with E-state index in [-0.39, 0.29) is 11.2 Å². The third-order valence-electron chi connectivity index (χ3n) is 4.58. The van der Waals surface area contributed by atoms with Crippen molar-refractivity contribution in [3.8, 4) is 0 Å². The van der Waals surface area contributed by atoms with Gasteiger partial charge in [-0.05, 0) is 31.4 Å². The molecule has 0 saturated carbocycles. The number of anilines is 1. The van der Waals surface area contributed by atoms with Crippen molar-refractivity contribution in [3.63, 3.8) is 0 Å². The number of benzene rings is 2. The van der Waals surface area contributed by atoms with Gasteiger partial charge >= 0.3 is 5.69 Å². The third-order valence-corrected chi connectivity index (χ3v) is 4.58. The molecule has 0 bridgehead atoms. The lowest BCUT2D eigenvalue weighted by Crippen LogP contribution is -2.39. The van der Waals surface area contributed by atoms with E-state index in [0.717, 1.165) is 27.7 Å². The minimum atomic E-state index is -0.316. The number of aryl methyl sites for hydroxylation is 2. The van der Waals surface area contributed by atoms with Crippen molar-refractivity contribution in [2.75, 3.05) is 11.9 Å². The van der Waals surface area contributed by atoms with Crippen LogP contribution in [-0.4, -0.2) is 15.7 Å².